The van der Waals surface area contributed by atoms with Gasteiger partial charge < -0.3 is 20.2 Å². The van der Waals surface area contributed by atoms with Crippen molar-refractivity contribution in [3.05, 3.63) is 47.2 Å². The summed E-state index contributed by atoms with van der Waals surface area (Å²) >= 11 is 6.11. The van der Waals surface area contributed by atoms with Crippen molar-refractivity contribution in [3.63, 3.8) is 0 Å². The lowest BCUT2D eigenvalue weighted by Gasteiger charge is -2.31. The number of anilines is 1. The molecule has 0 spiro atoms. The standard InChI is InChI=1S/C24H30ClN7O2/c1-31(2)14-11-27-24-26-10-7-19(28-24)21-22(16-3-5-18(25)6-4-16)29-30-23(21)17-8-12-32(13-9-17)20(34)15-33/h3-7,10,17,33H,8-9,11-15H2,1-2H3,(H,29,30)(H,26,27,28). The molecule has 1 fully saturated rings. The number of aromatic nitrogens is 4. The first kappa shape index (κ1) is 24.1. The van der Waals surface area contributed by atoms with E-state index >= 15 is 0 Å². The second kappa shape index (κ2) is 10.9. The Kier molecular flexibility index (Phi) is 7.77. The molecule has 10 heteroatoms. The minimum absolute atomic E-state index is 0.186. The number of aliphatic hydroxyl groups excluding tert-OH is 1. The third-order valence-electron chi connectivity index (χ3n) is 6.06. The lowest BCUT2D eigenvalue weighted by Crippen LogP contribution is -2.39. The van der Waals surface area contributed by atoms with Crippen molar-refractivity contribution in [2.75, 3.05) is 52.2 Å². The fourth-order valence-corrected chi connectivity index (χ4v) is 4.34. The van der Waals surface area contributed by atoms with E-state index in [1.807, 2.05) is 44.4 Å². The van der Waals surface area contributed by atoms with Crippen LogP contribution in [0.3, 0.4) is 0 Å². The third-order valence-corrected chi connectivity index (χ3v) is 6.31. The van der Waals surface area contributed by atoms with Crippen LogP contribution in [0.5, 0.6) is 0 Å². The van der Waals surface area contributed by atoms with Crippen LogP contribution in [0.2, 0.25) is 5.02 Å². The molecule has 3 N–H and O–H groups in total. The Morgan fingerprint density at radius 2 is 1.97 bits per heavy atom. The largest absolute Gasteiger partial charge is 0.387 e. The van der Waals surface area contributed by atoms with Crippen LogP contribution in [-0.2, 0) is 4.79 Å². The van der Waals surface area contributed by atoms with Gasteiger partial charge in [0.1, 0.15) is 12.3 Å². The van der Waals surface area contributed by atoms with Gasteiger partial charge in [0.2, 0.25) is 11.9 Å². The average Bonchev–Trinajstić information content (AvgIpc) is 3.29. The molecule has 2 aromatic heterocycles. The highest BCUT2D eigenvalue weighted by atomic mass is 35.5. The number of hydrogen-bond donors (Lipinski definition) is 3. The number of amides is 1. The van der Waals surface area contributed by atoms with Gasteiger partial charge in [-0.05, 0) is 45.1 Å². The molecule has 3 aromatic rings. The van der Waals surface area contributed by atoms with Crippen molar-refractivity contribution >= 4 is 23.5 Å². The molecule has 0 saturated carbocycles. The number of carbonyl (C=O) groups excluding carboxylic acids is 1. The minimum Gasteiger partial charge on any atom is -0.387 e. The molecule has 1 aliphatic heterocycles. The molecule has 9 nitrogen and oxygen atoms in total. The molecule has 0 bridgehead atoms. The quantitative estimate of drug-likeness (QED) is 0.452. The summed E-state index contributed by atoms with van der Waals surface area (Å²) in [7, 11) is 4.04. The van der Waals surface area contributed by atoms with Crippen molar-refractivity contribution < 1.29 is 9.90 Å². The maximum absolute atomic E-state index is 11.9. The summed E-state index contributed by atoms with van der Waals surface area (Å²) in [6.45, 7) is 2.34. The molecular formula is C24H30ClN7O2. The van der Waals surface area contributed by atoms with Crippen LogP contribution >= 0.6 is 11.6 Å². The molecule has 3 heterocycles. The lowest BCUT2D eigenvalue weighted by atomic mass is 9.89. The SMILES string of the molecule is CN(C)CCNc1nccc(-c2c(-c3ccc(Cl)cc3)n[nH]c2C2CCN(C(=O)CO)CC2)n1. The predicted octanol–water partition coefficient (Wildman–Crippen LogP) is 2.86. The fraction of sp³-hybridized carbons (Fsp3) is 0.417. The van der Waals surface area contributed by atoms with E-state index in [4.69, 9.17) is 16.6 Å². The van der Waals surface area contributed by atoms with Crippen molar-refractivity contribution in [3.8, 4) is 22.5 Å². The number of aromatic amines is 1. The van der Waals surface area contributed by atoms with Gasteiger partial charge in [-0.25, -0.2) is 9.97 Å². The minimum atomic E-state index is -0.453. The van der Waals surface area contributed by atoms with E-state index in [-0.39, 0.29) is 11.8 Å². The number of likely N-dealkylation sites (N-methyl/N-ethyl adjacent to an activating group) is 1. The smallest absolute Gasteiger partial charge is 0.248 e. The highest BCUT2D eigenvalue weighted by Gasteiger charge is 2.29. The van der Waals surface area contributed by atoms with E-state index in [0.29, 0.717) is 24.1 Å². The highest BCUT2D eigenvalue weighted by Crippen LogP contribution is 2.39. The Morgan fingerprint density at radius 3 is 2.65 bits per heavy atom. The van der Waals surface area contributed by atoms with Crippen LogP contribution in [0.1, 0.15) is 24.5 Å². The summed E-state index contributed by atoms with van der Waals surface area (Å²) in [5.41, 5.74) is 4.46. The van der Waals surface area contributed by atoms with E-state index in [1.54, 1.807) is 11.1 Å². The van der Waals surface area contributed by atoms with Gasteiger partial charge in [-0.1, -0.05) is 23.7 Å². The number of nitrogens with zero attached hydrogens (tertiary/aromatic N) is 5. The summed E-state index contributed by atoms with van der Waals surface area (Å²) in [4.78, 5) is 24.9. The number of H-pyrrole nitrogens is 1. The van der Waals surface area contributed by atoms with Crippen LogP contribution in [0.15, 0.2) is 36.5 Å². The molecule has 34 heavy (non-hydrogen) atoms. The third kappa shape index (κ3) is 5.55. The van der Waals surface area contributed by atoms with Gasteiger partial charge in [0.05, 0.1) is 5.69 Å². The van der Waals surface area contributed by atoms with Gasteiger partial charge in [0.25, 0.3) is 0 Å². The molecule has 0 atom stereocenters. The molecule has 0 radical (unpaired) electrons. The lowest BCUT2D eigenvalue weighted by molar-refractivity contribution is -0.135. The Bertz CT molecular complexity index is 1110. The van der Waals surface area contributed by atoms with E-state index in [0.717, 1.165) is 54.1 Å². The molecule has 1 aromatic carbocycles. The molecule has 1 aliphatic rings. The van der Waals surface area contributed by atoms with E-state index in [2.05, 4.69) is 25.4 Å². The number of halogens is 1. The zero-order valence-corrected chi connectivity index (χ0v) is 20.2. The monoisotopic (exact) mass is 483 g/mol. The van der Waals surface area contributed by atoms with Crippen LogP contribution in [0.4, 0.5) is 5.95 Å². The Balaban J connectivity index is 1.68. The summed E-state index contributed by atoms with van der Waals surface area (Å²) in [6.07, 6.45) is 3.31. The topological polar surface area (TPSA) is 110 Å². The van der Waals surface area contributed by atoms with E-state index in [1.165, 1.54) is 0 Å². The number of aliphatic hydroxyl groups is 1. The number of nitrogens with one attached hydrogen (secondary N) is 2. The molecular weight excluding hydrogens is 454 g/mol. The number of likely N-dealkylation sites (tertiary alicyclic amines) is 1. The van der Waals surface area contributed by atoms with Gasteiger partial charge in [-0.2, -0.15) is 5.10 Å². The van der Waals surface area contributed by atoms with Gasteiger partial charge in [0.15, 0.2) is 0 Å². The molecule has 1 amide bonds. The second-order valence-electron chi connectivity index (χ2n) is 8.68. The van der Waals surface area contributed by atoms with Gasteiger partial charge in [-0.15, -0.1) is 0 Å². The molecule has 180 valence electrons. The van der Waals surface area contributed by atoms with Crippen LogP contribution in [-0.4, -0.2) is 87.9 Å². The number of hydrogen-bond acceptors (Lipinski definition) is 7. The maximum atomic E-state index is 11.9. The second-order valence-corrected chi connectivity index (χ2v) is 9.11. The first-order chi connectivity index (χ1) is 16.5. The number of benzene rings is 1. The zero-order chi connectivity index (χ0) is 24.1. The molecule has 1 saturated heterocycles. The van der Waals surface area contributed by atoms with E-state index in [9.17, 15) is 9.90 Å². The first-order valence-corrected chi connectivity index (χ1v) is 11.8. The fourth-order valence-electron chi connectivity index (χ4n) is 4.22. The van der Waals surface area contributed by atoms with Gasteiger partial charge >= 0.3 is 0 Å². The summed E-state index contributed by atoms with van der Waals surface area (Å²) in [6, 6.07) is 9.50. The van der Waals surface area contributed by atoms with Crippen LogP contribution < -0.4 is 5.32 Å². The average molecular weight is 484 g/mol. The first-order valence-electron chi connectivity index (χ1n) is 11.4. The van der Waals surface area contributed by atoms with Crippen molar-refractivity contribution in [2.45, 2.75) is 18.8 Å². The highest BCUT2D eigenvalue weighted by molar-refractivity contribution is 6.30. The Labute approximate surface area is 204 Å². The van der Waals surface area contributed by atoms with Gasteiger partial charge in [-0.3, -0.25) is 9.89 Å². The van der Waals surface area contributed by atoms with E-state index < -0.39 is 6.61 Å². The Morgan fingerprint density at radius 1 is 1.24 bits per heavy atom. The summed E-state index contributed by atoms with van der Waals surface area (Å²) in [5, 5.41) is 21.1. The van der Waals surface area contributed by atoms with Crippen LogP contribution in [0.25, 0.3) is 22.5 Å². The normalized spacial score (nSPS) is 14.6. The van der Waals surface area contributed by atoms with Gasteiger partial charge in [0, 0.05) is 60.1 Å². The summed E-state index contributed by atoms with van der Waals surface area (Å²) < 4.78 is 0. The van der Waals surface area contributed by atoms with Crippen molar-refractivity contribution in [1.82, 2.24) is 30.0 Å². The summed E-state index contributed by atoms with van der Waals surface area (Å²) in [5.74, 6) is 0.526. The number of carbonyl (C=O) groups is 1. The Hall–Kier alpha value is -3.01. The van der Waals surface area contributed by atoms with Crippen molar-refractivity contribution in [1.29, 1.82) is 0 Å². The number of rotatable bonds is 8. The number of piperidine rings is 1. The molecule has 0 unspecified atom stereocenters. The zero-order valence-electron chi connectivity index (χ0n) is 19.5. The maximum Gasteiger partial charge on any atom is 0.248 e. The van der Waals surface area contributed by atoms with Crippen LogP contribution in [0, 0.1) is 0 Å². The predicted molar refractivity (Wildman–Crippen MR) is 133 cm³/mol. The molecule has 0 aliphatic carbocycles. The molecule has 4 rings (SSSR count). The van der Waals surface area contributed by atoms with Crippen molar-refractivity contribution in [2.24, 2.45) is 0 Å².